The van der Waals surface area contributed by atoms with Crippen LogP contribution in [0, 0.1) is 0 Å². The summed E-state index contributed by atoms with van der Waals surface area (Å²) in [6.45, 7) is 2.54. The summed E-state index contributed by atoms with van der Waals surface area (Å²) >= 11 is 0. The standard InChI is InChI=1S/C9H13N3O3/c1-2-12-8(3-4-11-12)7(10-6-13)5-9(14)15/h3-4,6-7H,2,5H2,1H3,(H,10,13)(H,14,15)/t7-/m0/s1. The van der Waals surface area contributed by atoms with E-state index < -0.39 is 12.0 Å². The van der Waals surface area contributed by atoms with Gasteiger partial charge in [0.2, 0.25) is 6.41 Å². The second-order valence-electron chi connectivity index (χ2n) is 3.01. The van der Waals surface area contributed by atoms with Crippen molar-refractivity contribution in [2.24, 2.45) is 0 Å². The second kappa shape index (κ2) is 5.14. The third-order valence-electron chi connectivity index (χ3n) is 2.05. The quantitative estimate of drug-likeness (QED) is 0.657. The maximum atomic E-state index is 10.6. The molecule has 0 aliphatic rings. The molecule has 0 spiro atoms. The third-order valence-corrected chi connectivity index (χ3v) is 2.05. The lowest BCUT2D eigenvalue weighted by Crippen LogP contribution is -2.25. The molecule has 6 nitrogen and oxygen atoms in total. The number of nitrogens with one attached hydrogen (secondary N) is 1. The SMILES string of the molecule is CCn1nccc1[C@H](CC(=O)O)NC=O. The Labute approximate surface area is 86.9 Å². The lowest BCUT2D eigenvalue weighted by molar-refractivity contribution is -0.137. The molecule has 0 aliphatic carbocycles. The average molecular weight is 211 g/mol. The number of aliphatic carboxylic acids is 1. The Morgan fingerprint density at radius 2 is 2.53 bits per heavy atom. The number of aryl methyl sites for hydroxylation is 1. The van der Waals surface area contributed by atoms with Crippen LogP contribution >= 0.6 is 0 Å². The zero-order chi connectivity index (χ0) is 11.3. The number of hydrogen-bond donors (Lipinski definition) is 2. The number of nitrogens with zero attached hydrogens (tertiary/aromatic N) is 2. The molecule has 2 N–H and O–H groups in total. The van der Waals surface area contributed by atoms with Gasteiger partial charge in [-0.1, -0.05) is 0 Å². The molecule has 1 rings (SSSR count). The average Bonchev–Trinajstić information content (AvgIpc) is 2.64. The first-order valence-electron chi connectivity index (χ1n) is 4.62. The highest BCUT2D eigenvalue weighted by molar-refractivity contribution is 5.68. The molecule has 0 bridgehead atoms. The number of amides is 1. The Morgan fingerprint density at radius 3 is 3.07 bits per heavy atom. The van der Waals surface area contributed by atoms with Crippen LogP contribution in [0.25, 0.3) is 0 Å². The number of hydrogen-bond acceptors (Lipinski definition) is 3. The van der Waals surface area contributed by atoms with Crippen LogP contribution in [0.5, 0.6) is 0 Å². The minimum atomic E-state index is -0.960. The molecule has 0 fully saturated rings. The zero-order valence-electron chi connectivity index (χ0n) is 8.38. The molecule has 0 saturated heterocycles. The smallest absolute Gasteiger partial charge is 0.305 e. The van der Waals surface area contributed by atoms with Gasteiger partial charge >= 0.3 is 5.97 Å². The van der Waals surface area contributed by atoms with Gasteiger partial charge in [-0.3, -0.25) is 14.3 Å². The predicted molar refractivity (Wildman–Crippen MR) is 52.1 cm³/mol. The van der Waals surface area contributed by atoms with Crippen LogP contribution in [-0.4, -0.2) is 27.3 Å². The molecular formula is C9H13N3O3. The molecule has 0 aromatic carbocycles. The normalized spacial score (nSPS) is 12.1. The highest BCUT2D eigenvalue weighted by atomic mass is 16.4. The van der Waals surface area contributed by atoms with Crippen molar-refractivity contribution in [3.05, 3.63) is 18.0 Å². The van der Waals surface area contributed by atoms with Crippen molar-refractivity contribution >= 4 is 12.4 Å². The van der Waals surface area contributed by atoms with E-state index in [4.69, 9.17) is 5.11 Å². The van der Waals surface area contributed by atoms with Gasteiger partial charge in [0.15, 0.2) is 0 Å². The molecule has 82 valence electrons. The van der Waals surface area contributed by atoms with E-state index in [1.54, 1.807) is 16.9 Å². The van der Waals surface area contributed by atoms with E-state index in [-0.39, 0.29) is 6.42 Å². The van der Waals surface area contributed by atoms with Crippen molar-refractivity contribution in [2.75, 3.05) is 0 Å². The fraction of sp³-hybridized carbons (Fsp3) is 0.444. The van der Waals surface area contributed by atoms with Crippen molar-refractivity contribution in [1.82, 2.24) is 15.1 Å². The molecule has 0 aliphatic heterocycles. The highest BCUT2D eigenvalue weighted by Crippen LogP contribution is 2.15. The van der Waals surface area contributed by atoms with Crippen LogP contribution in [0.1, 0.15) is 25.1 Å². The number of carboxylic acids is 1. The molecule has 0 radical (unpaired) electrons. The van der Waals surface area contributed by atoms with E-state index in [9.17, 15) is 9.59 Å². The van der Waals surface area contributed by atoms with Crippen LogP contribution in [0.15, 0.2) is 12.3 Å². The Kier molecular flexibility index (Phi) is 3.84. The minimum absolute atomic E-state index is 0.148. The van der Waals surface area contributed by atoms with E-state index in [0.29, 0.717) is 18.6 Å². The fourth-order valence-corrected chi connectivity index (χ4v) is 1.41. The van der Waals surface area contributed by atoms with Crippen molar-refractivity contribution in [3.63, 3.8) is 0 Å². The van der Waals surface area contributed by atoms with Crippen LogP contribution < -0.4 is 5.32 Å². The lowest BCUT2D eigenvalue weighted by Gasteiger charge is -2.14. The van der Waals surface area contributed by atoms with Gasteiger partial charge in [0.05, 0.1) is 18.2 Å². The Hall–Kier alpha value is -1.85. The van der Waals surface area contributed by atoms with E-state index in [2.05, 4.69) is 10.4 Å². The molecule has 1 aromatic rings. The summed E-state index contributed by atoms with van der Waals surface area (Å²) in [6, 6.07) is 1.18. The Morgan fingerprint density at radius 1 is 1.80 bits per heavy atom. The van der Waals surface area contributed by atoms with E-state index in [1.807, 2.05) is 6.92 Å². The first-order chi connectivity index (χ1) is 7.19. The minimum Gasteiger partial charge on any atom is -0.481 e. The maximum Gasteiger partial charge on any atom is 0.305 e. The van der Waals surface area contributed by atoms with E-state index >= 15 is 0 Å². The predicted octanol–water partition coefficient (Wildman–Crippen LogP) is 0.165. The third kappa shape index (κ3) is 2.80. The van der Waals surface area contributed by atoms with Crippen LogP contribution in [0.4, 0.5) is 0 Å². The molecule has 1 amide bonds. The van der Waals surface area contributed by atoms with Crippen LogP contribution in [0.3, 0.4) is 0 Å². The van der Waals surface area contributed by atoms with Crippen molar-refractivity contribution in [3.8, 4) is 0 Å². The summed E-state index contributed by atoms with van der Waals surface area (Å²) in [6.07, 6.45) is 1.94. The Bertz CT molecular complexity index is 348. The fourth-order valence-electron chi connectivity index (χ4n) is 1.41. The summed E-state index contributed by atoms with van der Waals surface area (Å²) in [5.41, 5.74) is 0.701. The number of carbonyl (C=O) groups is 2. The highest BCUT2D eigenvalue weighted by Gasteiger charge is 2.17. The molecule has 1 heterocycles. The van der Waals surface area contributed by atoms with Crippen molar-refractivity contribution in [2.45, 2.75) is 25.9 Å². The number of carbonyl (C=O) groups excluding carboxylic acids is 1. The molecule has 1 aromatic heterocycles. The van der Waals surface area contributed by atoms with Gasteiger partial charge in [0, 0.05) is 12.7 Å². The number of aromatic nitrogens is 2. The maximum absolute atomic E-state index is 10.6. The van der Waals surface area contributed by atoms with Crippen molar-refractivity contribution < 1.29 is 14.7 Å². The Balaban J connectivity index is 2.87. The van der Waals surface area contributed by atoms with Crippen LogP contribution in [-0.2, 0) is 16.1 Å². The number of carboxylic acid groups (broad SMARTS) is 1. The summed E-state index contributed by atoms with van der Waals surface area (Å²) in [5, 5.41) is 15.2. The van der Waals surface area contributed by atoms with Gasteiger partial charge in [0.25, 0.3) is 0 Å². The van der Waals surface area contributed by atoms with E-state index in [1.165, 1.54) is 0 Å². The molecule has 0 unspecified atom stereocenters. The van der Waals surface area contributed by atoms with Gasteiger partial charge in [-0.2, -0.15) is 5.10 Å². The summed E-state index contributed by atoms with van der Waals surface area (Å²) in [5.74, 6) is -0.960. The number of rotatable bonds is 6. The van der Waals surface area contributed by atoms with Crippen LogP contribution in [0.2, 0.25) is 0 Å². The molecule has 6 heteroatoms. The van der Waals surface area contributed by atoms with Gasteiger partial charge in [0.1, 0.15) is 0 Å². The zero-order valence-corrected chi connectivity index (χ0v) is 8.38. The first-order valence-corrected chi connectivity index (χ1v) is 4.62. The molecule has 0 saturated carbocycles. The summed E-state index contributed by atoms with van der Waals surface area (Å²) < 4.78 is 1.66. The molecule has 1 atom stereocenters. The van der Waals surface area contributed by atoms with Gasteiger partial charge in [-0.15, -0.1) is 0 Å². The summed E-state index contributed by atoms with van der Waals surface area (Å²) in [4.78, 5) is 21.0. The molecular weight excluding hydrogens is 198 g/mol. The topological polar surface area (TPSA) is 84.2 Å². The summed E-state index contributed by atoms with van der Waals surface area (Å²) in [7, 11) is 0. The van der Waals surface area contributed by atoms with Gasteiger partial charge < -0.3 is 10.4 Å². The lowest BCUT2D eigenvalue weighted by atomic mass is 10.1. The second-order valence-corrected chi connectivity index (χ2v) is 3.01. The van der Waals surface area contributed by atoms with Gasteiger partial charge in [-0.05, 0) is 13.0 Å². The largest absolute Gasteiger partial charge is 0.481 e. The first kappa shape index (κ1) is 11.2. The monoisotopic (exact) mass is 211 g/mol. The van der Waals surface area contributed by atoms with E-state index in [0.717, 1.165) is 0 Å². The molecule has 15 heavy (non-hydrogen) atoms. The van der Waals surface area contributed by atoms with Gasteiger partial charge in [-0.25, -0.2) is 0 Å². The van der Waals surface area contributed by atoms with Crippen molar-refractivity contribution in [1.29, 1.82) is 0 Å².